The number of likely N-dealkylation sites (tertiary alicyclic amines) is 1. The molecule has 1 aromatic rings. The van der Waals surface area contributed by atoms with Gasteiger partial charge in [-0.05, 0) is 54.9 Å². The summed E-state index contributed by atoms with van der Waals surface area (Å²) in [7, 11) is 0. The Morgan fingerprint density at radius 1 is 1.14 bits per heavy atom. The lowest BCUT2D eigenvalue weighted by atomic mass is 9.70. The van der Waals surface area contributed by atoms with Crippen molar-refractivity contribution >= 4 is 5.91 Å². The summed E-state index contributed by atoms with van der Waals surface area (Å²) < 4.78 is 0. The van der Waals surface area contributed by atoms with E-state index in [2.05, 4.69) is 49.1 Å². The summed E-state index contributed by atoms with van der Waals surface area (Å²) in [5.74, 6) is 3.27. The molecule has 0 atom stereocenters. The summed E-state index contributed by atoms with van der Waals surface area (Å²) in [5, 5.41) is 0. The minimum atomic E-state index is 0.402. The van der Waals surface area contributed by atoms with Gasteiger partial charge in [-0.15, -0.1) is 0 Å². The van der Waals surface area contributed by atoms with Crippen LogP contribution in [0.25, 0.3) is 0 Å². The molecule has 0 radical (unpaired) electrons. The summed E-state index contributed by atoms with van der Waals surface area (Å²) in [4.78, 5) is 14.6. The number of hydrogen-bond donors (Lipinski definition) is 0. The van der Waals surface area contributed by atoms with Gasteiger partial charge in [-0.1, -0.05) is 44.2 Å². The van der Waals surface area contributed by atoms with Crippen LogP contribution in [0.4, 0.5) is 0 Å². The van der Waals surface area contributed by atoms with E-state index in [1.165, 1.54) is 31.2 Å². The fourth-order valence-electron chi connectivity index (χ4n) is 4.09. The fourth-order valence-corrected chi connectivity index (χ4v) is 4.09. The average molecular weight is 299 g/mol. The molecule has 1 aliphatic carbocycles. The molecule has 120 valence electrons. The zero-order valence-corrected chi connectivity index (χ0v) is 14.0. The maximum Gasteiger partial charge on any atom is 0.222 e. The van der Waals surface area contributed by atoms with Gasteiger partial charge in [0.2, 0.25) is 5.91 Å². The molecule has 0 unspecified atom stereocenters. The van der Waals surface area contributed by atoms with Gasteiger partial charge in [0.25, 0.3) is 0 Å². The highest BCUT2D eigenvalue weighted by molar-refractivity contribution is 5.76. The van der Waals surface area contributed by atoms with Crippen molar-refractivity contribution in [2.45, 2.75) is 51.9 Å². The molecule has 22 heavy (non-hydrogen) atoms. The van der Waals surface area contributed by atoms with Gasteiger partial charge in [0.1, 0.15) is 0 Å². The number of piperidine rings is 1. The van der Waals surface area contributed by atoms with Gasteiger partial charge < -0.3 is 4.90 Å². The fraction of sp³-hybridized carbons (Fsp3) is 0.650. The van der Waals surface area contributed by atoms with Gasteiger partial charge in [-0.2, -0.15) is 0 Å². The number of nitrogens with zero attached hydrogens (tertiary/aromatic N) is 1. The van der Waals surface area contributed by atoms with Crippen LogP contribution in [0.5, 0.6) is 0 Å². The van der Waals surface area contributed by atoms with Crippen molar-refractivity contribution in [3.63, 3.8) is 0 Å². The van der Waals surface area contributed by atoms with Crippen LogP contribution in [0.15, 0.2) is 30.3 Å². The van der Waals surface area contributed by atoms with Gasteiger partial charge in [0, 0.05) is 19.5 Å². The van der Waals surface area contributed by atoms with E-state index < -0.39 is 0 Å². The van der Waals surface area contributed by atoms with E-state index in [1.807, 2.05) is 0 Å². The minimum Gasteiger partial charge on any atom is -0.343 e. The van der Waals surface area contributed by atoms with E-state index >= 15 is 0 Å². The van der Waals surface area contributed by atoms with Gasteiger partial charge in [-0.25, -0.2) is 0 Å². The van der Waals surface area contributed by atoms with Crippen molar-refractivity contribution in [2.24, 2.45) is 17.8 Å². The zero-order chi connectivity index (χ0) is 15.5. The lowest BCUT2D eigenvalue weighted by Gasteiger charge is -2.38. The maximum absolute atomic E-state index is 12.4. The Labute approximate surface area is 134 Å². The monoisotopic (exact) mass is 299 g/mol. The van der Waals surface area contributed by atoms with Crippen LogP contribution in [0, 0.1) is 17.8 Å². The van der Waals surface area contributed by atoms with Crippen molar-refractivity contribution in [3.8, 4) is 0 Å². The number of carbonyl (C=O) groups is 1. The zero-order valence-electron chi connectivity index (χ0n) is 14.0. The van der Waals surface area contributed by atoms with Gasteiger partial charge in [0.15, 0.2) is 0 Å². The number of carbonyl (C=O) groups excluding carboxylic acids is 1. The molecule has 1 aliphatic heterocycles. The lowest BCUT2D eigenvalue weighted by molar-refractivity contribution is -0.134. The summed E-state index contributed by atoms with van der Waals surface area (Å²) in [6.45, 7) is 6.58. The quantitative estimate of drug-likeness (QED) is 0.803. The number of hydrogen-bond acceptors (Lipinski definition) is 1. The van der Waals surface area contributed by atoms with Crippen LogP contribution < -0.4 is 0 Å². The molecule has 0 bridgehead atoms. The molecule has 1 heterocycles. The maximum atomic E-state index is 12.4. The molecule has 2 aliphatic rings. The second-order valence-corrected chi connectivity index (χ2v) is 7.61. The standard InChI is InChI=1S/C20H29NO/c1-15(2)17-8-10-21(11-9-17)20(22)14-16-12-19(13-16)18-6-4-3-5-7-18/h3-7,15-17,19H,8-14H2,1-2H3. The average Bonchev–Trinajstić information content (AvgIpc) is 2.51. The molecular weight excluding hydrogens is 270 g/mol. The highest BCUT2D eigenvalue weighted by Crippen LogP contribution is 2.43. The molecule has 0 aromatic heterocycles. The van der Waals surface area contributed by atoms with Crippen LogP contribution in [-0.2, 0) is 4.79 Å². The van der Waals surface area contributed by atoms with Crippen molar-refractivity contribution in [2.75, 3.05) is 13.1 Å². The first kappa shape index (κ1) is 15.6. The first-order valence-electron chi connectivity index (χ1n) is 8.96. The Morgan fingerprint density at radius 3 is 2.36 bits per heavy atom. The first-order valence-corrected chi connectivity index (χ1v) is 8.96. The van der Waals surface area contributed by atoms with E-state index in [0.29, 0.717) is 17.7 Å². The predicted molar refractivity (Wildman–Crippen MR) is 90.7 cm³/mol. The molecule has 2 fully saturated rings. The number of benzene rings is 1. The summed E-state index contributed by atoms with van der Waals surface area (Å²) in [5.41, 5.74) is 1.45. The second kappa shape index (κ2) is 6.85. The lowest BCUT2D eigenvalue weighted by Crippen LogP contribution is -2.41. The minimum absolute atomic E-state index is 0.402. The van der Waals surface area contributed by atoms with Crippen molar-refractivity contribution < 1.29 is 4.79 Å². The molecular formula is C20H29NO. The van der Waals surface area contributed by atoms with Crippen molar-refractivity contribution in [1.82, 2.24) is 4.90 Å². The van der Waals surface area contributed by atoms with Crippen LogP contribution in [-0.4, -0.2) is 23.9 Å². The number of amides is 1. The Balaban J connectivity index is 1.41. The summed E-state index contributed by atoms with van der Waals surface area (Å²) in [6, 6.07) is 10.8. The molecule has 1 amide bonds. The van der Waals surface area contributed by atoms with Gasteiger partial charge in [0.05, 0.1) is 0 Å². The third-order valence-corrected chi connectivity index (χ3v) is 5.81. The van der Waals surface area contributed by atoms with Gasteiger partial charge >= 0.3 is 0 Å². The Morgan fingerprint density at radius 2 is 1.77 bits per heavy atom. The van der Waals surface area contributed by atoms with Crippen molar-refractivity contribution in [3.05, 3.63) is 35.9 Å². The SMILES string of the molecule is CC(C)C1CCN(C(=O)CC2CC(c3ccccc3)C2)CC1. The molecule has 1 saturated heterocycles. The highest BCUT2D eigenvalue weighted by atomic mass is 16.2. The van der Waals surface area contributed by atoms with Crippen LogP contribution >= 0.6 is 0 Å². The third-order valence-electron chi connectivity index (χ3n) is 5.81. The molecule has 1 saturated carbocycles. The summed E-state index contributed by atoms with van der Waals surface area (Å²) in [6.07, 6.45) is 5.55. The normalized spacial score (nSPS) is 26.0. The smallest absolute Gasteiger partial charge is 0.222 e. The first-order chi connectivity index (χ1) is 10.6. The molecule has 3 rings (SSSR count). The predicted octanol–water partition coefficient (Wildman–Crippen LogP) is 4.46. The molecule has 0 N–H and O–H groups in total. The number of rotatable bonds is 4. The van der Waals surface area contributed by atoms with Gasteiger partial charge in [-0.3, -0.25) is 4.79 Å². The Hall–Kier alpha value is -1.31. The van der Waals surface area contributed by atoms with Crippen molar-refractivity contribution in [1.29, 1.82) is 0 Å². The van der Waals surface area contributed by atoms with Crippen LogP contribution in [0.2, 0.25) is 0 Å². The largest absolute Gasteiger partial charge is 0.343 e. The molecule has 1 aromatic carbocycles. The van der Waals surface area contributed by atoms with E-state index in [0.717, 1.165) is 31.3 Å². The van der Waals surface area contributed by atoms with E-state index in [9.17, 15) is 4.79 Å². The third kappa shape index (κ3) is 3.53. The van der Waals surface area contributed by atoms with Crippen LogP contribution in [0.1, 0.15) is 57.4 Å². The van der Waals surface area contributed by atoms with E-state index in [4.69, 9.17) is 0 Å². The Kier molecular flexibility index (Phi) is 4.85. The summed E-state index contributed by atoms with van der Waals surface area (Å²) >= 11 is 0. The van der Waals surface area contributed by atoms with E-state index in [-0.39, 0.29) is 0 Å². The topological polar surface area (TPSA) is 20.3 Å². The molecule has 0 spiro atoms. The van der Waals surface area contributed by atoms with E-state index in [1.54, 1.807) is 0 Å². The molecule has 2 heteroatoms. The van der Waals surface area contributed by atoms with Crippen LogP contribution in [0.3, 0.4) is 0 Å². The second-order valence-electron chi connectivity index (χ2n) is 7.61. The Bertz CT molecular complexity index is 482. The highest BCUT2D eigenvalue weighted by Gasteiger charge is 2.33. The molecule has 2 nitrogen and oxygen atoms in total.